The number of hydrogen-bond donors (Lipinski definition) is 0. The first-order valence-electron chi connectivity index (χ1n) is 6.16. The van der Waals surface area contributed by atoms with Crippen molar-refractivity contribution in [2.45, 2.75) is 20.8 Å². The maximum atomic E-state index is 4.38. The van der Waals surface area contributed by atoms with Gasteiger partial charge in [0.1, 0.15) is 0 Å². The molecule has 8 heteroatoms. The molecule has 6 nitrogen and oxygen atoms in total. The smallest absolute Gasteiger partial charge is 0.268 e. The van der Waals surface area contributed by atoms with Crippen LogP contribution in [0.4, 0.5) is 0 Å². The van der Waals surface area contributed by atoms with Crippen LogP contribution in [0.15, 0.2) is 37.2 Å². The molecule has 0 radical (unpaired) electrons. The van der Waals surface area contributed by atoms with E-state index in [2.05, 4.69) is 15.3 Å². The van der Waals surface area contributed by atoms with Crippen LogP contribution in [0.3, 0.4) is 0 Å². The second-order valence-corrected chi connectivity index (χ2v) is 4.84. The molecule has 0 bridgehead atoms. The van der Waals surface area contributed by atoms with Crippen molar-refractivity contribution < 1.29 is 51.4 Å². The van der Waals surface area contributed by atoms with Crippen LogP contribution in [0, 0.1) is 20.8 Å². The maximum absolute atomic E-state index is 4.38. The van der Waals surface area contributed by atoms with Gasteiger partial charge in [-0.3, -0.25) is 13.8 Å². The number of rotatable bonds is 3. The number of aryl methyl sites for hydroxylation is 3. The maximum Gasteiger partial charge on any atom is 1.00 e. The fourth-order valence-electron chi connectivity index (χ4n) is 2.04. The number of hydrogen-bond acceptors (Lipinski definition) is 3. The second-order valence-electron chi connectivity index (χ2n) is 4.84. The van der Waals surface area contributed by atoms with Crippen LogP contribution in [0.5, 0.6) is 0 Å². The molecule has 0 saturated heterocycles. The summed E-state index contributed by atoms with van der Waals surface area (Å²) >= 11 is 0. The Morgan fingerprint density at radius 2 is 1.00 bits per heavy atom. The van der Waals surface area contributed by atoms with E-state index in [0.717, 1.165) is 16.7 Å². The number of nitrogens with zero attached hydrogens (tertiary/aromatic N) is 6. The van der Waals surface area contributed by atoms with E-state index in [4.69, 9.17) is 0 Å². The van der Waals surface area contributed by atoms with Gasteiger partial charge in [-0.05, 0) is 37.5 Å². The van der Waals surface area contributed by atoms with Gasteiger partial charge < -0.3 is 0 Å². The quantitative estimate of drug-likeness (QED) is 0.532. The minimum Gasteiger partial charge on any atom is -0.268 e. The van der Waals surface area contributed by atoms with Crippen molar-refractivity contribution in [2.24, 2.45) is 0 Å². The molecule has 0 spiro atoms. The fraction of sp³-hybridized carbons (Fsp3) is 0.250. The molecule has 0 N–H and O–H groups in total. The molecule has 0 aliphatic rings. The molecule has 0 atom stereocenters. The average molecular weight is 293 g/mol. The zero-order chi connectivity index (χ0) is 13.4. The first-order valence-corrected chi connectivity index (χ1v) is 6.16. The number of aromatic nitrogens is 6. The predicted molar refractivity (Wildman–Crippen MR) is 72.8 cm³/mol. The van der Waals surface area contributed by atoms with Crippen molar-refractivity contribution in [1.29, 1.82) is 0 Å². The standard InChI is InChI=1S/C12H15BN6.K/c1-10-4-14-17(7-10)13(18-8-11(2)5-15-18)19-9-12(3)6-16-19;/h4-9H,1-3H3;/q;+1. The molecule has 0 aromatic carbocycles. The minimum atomic E-state index is -0.212. The fourth-order valence-corrected chi connectivity index (χ4v) is 2.04. The summed E-state index contributed by atoms with van der Waals surface area (Å²) in [5.74, 6) is 0. The van der Waals surface area contributed by atoms with Crippen molar-refractivity contribution in [3.63, 3.8) is 0 Å². The molecule has 3 aromatic rings. The Bertz CT molecular complexity index is 605. The summed E-state index contributed by atoms with van der Waals surface area (Å²) in [4.78, 5) is 0. The third-order valence-corrected chi connectivity index (χ3v) is 2.90. The van der Waals surface area contributed by atoms with Crippen molar-refractivity contribution >= 4 is 7.12 Å². The first-order chi connectivity index (χ1) is 9.13. The van der Waals surface area contributed by atoms with E-state index in [1.807, 2.05) is 71.7 Å². The SMILES string of the molecule is Cc1cnn(B(n2cc(C)cn2)n2cc(C)cn2)c1.[K+]. The topological polar surface area (TPSA) is 53.5 Å². The van der Waals surface area contributed by atoms with E-state index in [1.54, 1.807) is 0 Å². The van der Waals surface area contributed by atoms with E-state index in [1.165, 1.54) is 0 Å². The van der Waals surface area contributed by atoms with Gasteiger partial charge in [-0.25, -0.2) is 0 Å². The zero-order valence-corrected chi connectivity index (χ0v) is 15.3. The van der Waals surface area contributed by atoms with Crippen molar-refractivity contribution in [2.75, 3.05) is 0 Å². The van der Waals surface area contributed by atoms with Crippen molar-refractivity contribution in [3.8, 4) is 0 Å². The molecule has 0 aliphatic heterocycles. The Hall–Kier alpha value is -0.669. The third-order valence-electron chi connectivity index (χ3n) is 2.90. The average Bonchev–Trinajstić information content (AvgIpc) is 3.05. The Morgan fingerprint density at radius 1 is 0.700 bits per heavy atom. The van der Waals surface area contributed by atoms with Gasteiger partial charge in [0, 0.05) is 18.6 Å². The molecule has 0 saturated carbocycles. The molecule has 0 aliphatic carbocycles. The molecule has 3 aromatic heterocycles. The summed E-state index contributed by atoms with van der Waals surface area (Å²) < 4.78 is 5.57. The summed E-state index contributed by atoms with van der Waals surface area (Å²) in [6.07, 6.45) is 11.5. The molecule has 3 heterocycles. The van der Waals surface area contributed by atoms with E-state index >= 15 is 0 Å². The molecule has 20 heavy (non-hydrogen) atoms. The van der Waals surface area contributed by atoms with Crippen LogP contribution in [0.25, 0.3) is 0 Å². The Morgan fingerprint density at radius 3 is 1.20 bits per heavy atom. The summed E-state index contributed by atoms with van der Waals surface area (Å²) in [5.41, 5.74) is 3.33. The molecule has 96 valence electrons. The second kappa shape index (κ2) is 6.40. The Labute approximate surface area is 160 Å². The summed E-state index contributed by atoms with van der Waals surface area (Å²) in [6, 6.07) is 0. The van der Waals surface area contributed by atoms with Gasteiger partial charge >= 0.3 is 58.5 Å². The van der Waals surface area contributed by atoms with E-state index < -0.39 is 0 Å². The van der Waals surface area contributed by atoms with Crippen LogP contribution < -0.4 is 51.4 Å². The Balaban J connectivity index is 0.00000147. The third kappa shape index (κ3) is 3.15. The normalized spacial score (nSPS) is 10.3. The van der Waals surface area contributed by atoms with Gasteiger partial charge in [0.25, 0.3) is 0 Å². The van der Waals surface area contributed by atoms with Gasteiger partial charge in [-0.2, -0.15) is 15.3 Å². The van der Waals surface area contributed by atoms with Gasteiger partial charge in [0.2, 0.25) is 0 Å². The van der Waals surface area contributed by atoms with E-state index in [0.29, 0.717) is 0 Å². The van der Waals surface area contributed by atoms with Crippen molar-refractivity contribution in [1.82, 2.24) is 29.1 Å². The van der Waals surface area contributed by atoms with Crippen LogP contribution in [0.1, 0.15) is 16.7 Å². The van der Waals surface area contributed by atoms with Gasteiger partial charge in [-0.15, -0.1) is 0 Å². The van der Waals surface area contributed by atoms with Gasteiger partial charge in [0.15, 0.2) is 0 Å². The minimum absolute atomic E-state index is 0. The van der Waals surface area contributed by atoms with Gasteiger partial charge in [-0.1, -0.05) is 0 Å². The monoisotopic (exact) mass is 293 g/mol. The van der Waals surface area contributed by atoms with E-state index in [9.17, 15) is 0 Å². The summed E-state index contributed by atoms with van der Waals surface area (Å²) in [6.45, 7) is 6.05. The first kappa shape index (κ1) is 15.7. The van der Waals surface area contributed by atoms with Crippen LogP contribution in [0.2, 0.25) is 0 Å². The largest absolute Gasteiger partial charge is 1.00 e. The van der Waals surface area contributed by atoms with Crippen LogP contribution in [-0.4, -0.2) is 36.2 Å². The van der Waals surface area contributed by atoms with E-state index in [-0.39, 0.29) is 58.5 Å². The van der Waals surface area contributed by atoms with Gasteiger partial charge in [0.05, 0.1) is 18.6 Å². The molecule has 0 fully saturated rings. The van der Waals surface area contributed by atoms with Crippen LogP contribution >= 0.6 is 0 Å². The zero-order valence-electron chi connectivity index (χ0n) is 12.2. The Kier molecular flexibility index (Phi) is 5.03. The molecule has 3 rings (SSSR count). The van der Waals surface area contributed by atoms with Crippen LogP contribution in [-0.2, 0) is 0 Å². The summed E-state index contributed by atoms with van der Waals surface area (Å²) in [5, 5.41) is 13.1. The van der Waals surface area contributed by atoms with Crippen molar-refractivity contribution in [3.05, 3.63) is 53.9 Å². The summed E-state index contributed by atoms with van der Waals surface area (Å²) in [7, 11) is -0.212. The predicted octanol–water partition coefficient (Wildman–Crippen LogP) is -1.87. The molecule has 0 unspecified atom stereocenters. The molecule has 0 amide bonds. The molecular formula is C12H15BKN6+. The molecular weight excluding hydrogens is 278 g/mol.